The van der Waals surface area contributed by atoms with Crippen molar-refractivity contribution in [3.05, 3.63) is 30.5 Å². The van der Waals surface area contributed by atoms with Gasteiger partial charge in [0.05, 0.1) is 17.1 Å². The second kappa shape index (κ2) is 2.45. The molecule has 0 aliphatic carbocycles. The molecule has 0 unspecified atom stereocenters. The number of nitrogens with zero attached hydrogens (tertiary/aromatic N) is 2. The molecule has 2 N–H and O–H groups in total. The highest BCUT2D eigenvalue weighted by molar-refractivity contribution is 6.08. The SMILES string of the molecule is Nc1onc2cnc3ccccc3c12. The summed E-state index contributed by atoms with van der Waals surface area (Å²) in [6.07, 6.45) is 1.66. The number of anilines is 1. The minimum atomic E-state index is 0.346. The summed E-state index contributed by atoms with van der Waals surface area (Å²) in [6, 6.07) is 7.76. The highest BCUT2D eigenvalue weighted by Gasteiger charge is 2.08. The van der Waals surface area contributed by atoms with E-state index < -0.39 is 0 Å². The Bertz CT molecular complexity index is 615. The van der Waals surface area contributed by atoms with E-state index in [0.29, 0.717) is 11.4 Å². The van der Waals surface area contributed by atoms with Crippen LogP contribution in [-0.2, 0) is 0 Å². The molecule has 0 amide bonds. The molecule has 0 atom stereocenters. The first-order valence-electron chi connectivity index (χ1n) is 4.25. The number of nitrogen functional groups attached to an aromatic ring is 1. The second-order valence-corrected chi connectivity index (χ2v) is 3.08. The lowest BCUT2D eigenvalue weighted by Crippen LogP contribution is -1.83. The number of pyridine rings is 1. The fourth-order valence-electron chi connectivity index (χ4n) is 1.60. The molecule has 0 bridgehead atoms. The van der Waals surface area contributed by atoms with E-state index in [1.54, 1.807) is 6.20 Å². The summed E-state index contributed by atoms with van der Waals surface area (Å²) in [6.45, 7) is 0. The smallest absolute Gasteiger partial charge is 0.230 e. The Kier molecular flexibility index (Phi) is 1.28. The van der Waals surface area contributed by atoms with E-state index in [1.807, 2.05) is 24.3 Å². The summed E-state index contributed by atoms with van der Waals surface area (Å²) in [5.74, 6) is 0.346. The first kappa shape index (κ1) is 7.32. The van der Waals surface area contributed by atoms with Gasteiger partial charge in [-0.05, 0) is 6.07 Å². The van der Waals surface area contributed by atoms with Crippen LogP contribution in [0.3, 0.4) is 0 Å². The fraction of sp³-hybridized carbons (Fsp3) is 0. The number of rotatable bonds is 0. The van der Waals surface area contributed by atoms with Crippen LogP contribution in [0.15, 0.2) is 35.0 Å². The zero-order valence-electron chi connectivity index (χ0n) is 7.27. The molecule has 4 nitrogen and oxygen atoms in total. The highest BCUT2D eigenvalue weighted by Crippen LogP contribution is 2.27. The average molecular weight is 185 g/mol. The van der Waals surface area contributed by atoms with Crippen molar-refractivity contribution in [2.75, 3.05) is 5.73 Å². The Morgan fingerprint density at radius 2 is 2.00 bits per heavy atom. The molecule has 3 aromatic rings. The molecule has 0 saturated heterocycles. The lowest BCUT2D eigenvalue weighted by atomic mass is 10.1. The van der Waals surface area contributed by atoms with Crippen molar-refractivity contribution in [2.24, 2.45) is 0 Å². The predicted molar refractivity (Wildman–Crippen MR) is 53.7 cm³/mol. The Hall–Kier alpha value is -2.10. The molecule has 0 aliphatic rings. The van der Waals surface area contributed by atoms with Crippen LogP contribution < -0.4 is 5.73 Å². The van der Waals surface area contributed by atoms with Gasteiger partial charge in [-0.2, -0.15) is 0 Å². The standard InChI is InChI=1S/C10H7N3O/c11-10-9-6-3-1-2-4-7(6)12-5-8(9)13-14-10/h1-5H,11H2. The van der Waals surface area contributed by atoms with Crippen molar-refractivity contribution in [3.8, 4) is 0 Å². The number of hydrogen-bond acceptors (Lipinski definition) is 4. The first-order chi connectivity index (χ1) is 6.86. The van der Waals surface area contributed by atoms with Gasteiger partial charge in [0.2, 0.25) is 5.88 Å². The van der Waals surface area contributed by atoms with Crippen LogP contribution in [0.4, 0.5) is 5.88 Å². The van der Waals surface area contributed by atoms with Crippen molar-refractivity contribution in [2.45, 2.75) is 0 Å². The molecule has 3 rings (SSSR count). The molecular formula is C10H7N3O. The third-order valence-electron chi connectivity index (χ3n) is 2.24. The van der Waals surface area contributed by atoms with Crippen molar-refractivity contribution >= 4 is 27.7 Å². The number of para-hydroxylation sites is 1. The van der Waals surface area contributed by atoms with E-state index in [4.69, 9.17) is 10.3 Å². The van der Waals surface area contributed by atoms with Gasteiger partial charge in [-0.25, -0.2) is 0 Å². The summed E-state index contributed by atoms with van der Waals surface area (Å²) < 4.78 is 4.91. The molecule has 2 aromatic heterocycles. The molecule has 0 radical (unpaired) electrons. The van der Waals surface area contributed by atoms with Gasteiger partial charge in [-0.3, -0.25) is 4.98 Å². The molecule has 0 fully saturated rings. The topological polar surface area (TPSA) is 64.9 Å². The van der Waals surface area contributed by atoms with Gasteiger partial charge in [0.25, 0.3) is 0 Å². The van der Waals surface area contributed by atoms with Gasteiger partial charge in [0, 0.05) is 5.39 Å². The summed E-state index contributed by atoms with van der Waals surface area (Å²) in [4.78, 5) is 4.24. The van der Waals surface area contributed by atoms with E-state index in [-0.39, 0.29) is 0 Å². The summed E-state index contributed by atoms with van der Waals surface area (Å²) >= 11 is 0. The van der Waals surface area contributed by atoms with Gasteiger partial charge in [-0.1, -0.05) is 23.4 Å². The second-order valence-electron chi connectivity index (χ2n) is 3.08. The summed E-state index contributed by atoms with van der Waals surface area (Å²) in [7, 11) is 0. The maximum atomic E-state index is 5.69. The molecule has 0 saturated carbocycles. The molecule has 0 spiro atoms. The third-order valence-corrected chi connectivity index (χ3v) is 2.24. The van der Waals surface area contributed by atoms with Crippen LogP contribution in [0.5, 0.6) is 0 Å². The van der Waals surface area contributed by atoms with Crippen LogP contribution in [-0.4, -0.2) is 10.1 Å². The maximum Gasteiger partial charge on any atom is 0.230 e. The minimum absolute atomic E-state index is 0.346. The normalized spacial score (nSPS) is 11.1. The van der Waals surface area contributed by atoms with Crippen LogP contribution >= 0.6 is 0 Å². The monoisotopic (exact) mass is 185 g/mol. The molecule has 68 valence electrons. The molecule has 2 heterocycles. The fourth-order valence-corrected chi connectivity index (χ4v) is 1.60. The Morgan fingerprint density at radius 3 is 2.93 bits per heavy atom. The van der Waals surface area contributed by atoms with Crippen molar-refractivity contribution < 1.29 is 4.52 Å². The largest absolute Gasteiger partial charge is 0.367 e. The van der Waals surface area contributed by atoms with E-state index in [2.05, 4.69) is 10.1 Å². The maximum absolute atomic E-state index is 5.69. The first-order valence-corrected chi connectivity index (χ1v) is 4.25. The number of benzene rings is 1. The van der Waals surface area contributed by atoms with Gasteiger partial charge in [-0.15, -0.1) is 0 Å². The van der Waals surface area contributed by atoms with Gasteiger partial charge < -0.3 is 10.3 Å². The third kappa shape index (κ3) is 0.821. The Balaban J connectivity index is 2.65. The van der Waals surface area contributed by atoms with E-state index in [9.17, 15) is 0 Å². The van der Waals surface area contributed by atoms with Crippen LogP contribution in [0.2, 0.25) is 0 Å². The van der Waals surface area contributed by atoms with Crippen molar-refractivity contribution in [3.63, 3.8) is 0 Å². The zero-order valence-corrected chi connectivity index (χ0v) is 7.27. The number of hydrogen-bond donors (Lipinski definition) is 1. The lowest BCUT2D eigenvalue weighted by Gasteiger charge is -1.96. The summed E-state index contributed by atoms with van der Waals surface area (Å²) in [5.41, 5.74) is 7.28. The molecule has 14 heavy (non-hydrogen) atoms. The van der Waals surface area contributed by atoms with Gasteiger partial charge in [0.1, 0.15) is 5.52 Å². The number of fused-ring (bicyclic) bond motifs is 3. The van der Waals surface area contributed by atoms with E-state index in [1.165, 1.54) is 0 Å². The van der Waals surface area contributed by atoms with Crippen LogP contribution in [0.1, 0.15) is 0 Å². The summed E-state index contributed by atoms with van der Waals surface area (Å²) in [5, 5.41) is 5.62. The lowest BCUT2D eigenvalue weighted by molar-refractivity contribution is 0.445. The van der Waals surface area contributed by atoms with E-state index in [0.717, 1.165) is 16.3 Å². The quantitative estimate of drug-likeness (QED) is 0.581. The molecular weight excluding hydrogens is 178 g/mol. The van der Waals surface area contributed by atoms with Crippen LogP contribution in [0.25, 0.3) is 21.8 Å². The van der Waals surface area contributed by atoms with E-state index >= 15 is 0 Å². The molecule has 1 aromatic carbocycles. The van der Waals surface area contributed by atoms with Gasteiger partial charge >= 0.3 is 0 Å². The Labute approximate surface area is 79.3 Å². The minimum Gasteiger partial charge on any atom is -0.367 e. The number of nitrogens with two attached hydrogens (primary N) is 1. The van der Waals surface area contributed by atoms with Crippen LogP contribution in [0, 0.1) is 0 Å². The van der Waals surface area contributed by atoms with Crippen molar-refractivity contribution in [1.29, 1.82) is 0 Å². The predicted octanol–water partition coefficient (Wildman–Crippen LogP) is 1.96. The number of aromatic nitrogens is 2. The molecule has 4 heteroatoms. The Morgan fingerprint density at radius 1 is 1.14 bits per heavy atom. The average Bonchev–Trinajstić information content (AvgIpc) is 2.61. The van der Waals surface area contributed by atoms with Gasteiger partial charge in [0.15, 0.2) is 0 Å². The highest BCUT2D eigenvalue weighted by atomic mass is 16.5. The molecule has 0 aliphatic heterocycles. The zero-order chi connectivity index (χ0) is 9.54. The van der Waals surface area contributed by atoms with Crippen molar-refractivity contribution in [1.82, 2.24) is 10.1 Å².